The van der Waals surface area contributed by atoms with Crippen LogP contribution in [0.15, 0.2) is 170 Å². The van der Waals surface area contributed by atoms with Crippen molar-refractivity contribution in [3.63, 3.8) is 0 Å². The molecule has 0 spiro atoms. The van der Waals surface area contributed by atoms with Crippen molar-refractivity contribution >= 4 is 53.5 Å². The van der Waals surface area contributed by atoms with E-state index in [1.165, 1.54) is 121 Å². The molecule has 20 heteroatoms. The molecule has 2 saturated heterocycles. The lowest BCUT2D eigenvalue weighted by molar-refractivity contribution is -0.329. The number of esters is 5. The smallest absolute Gasteiger partial charge is 0.338 e. The zero-order valence-electron chi connectivity index (χ0n) is 41.1. The molecule has 78 heavy (non-hydrogen) atoms. The lowest BCUT2D eigenvalue weighted by Gasteiger charge is -2.50. The Bertz CT molecular complexity index is 3220. The number of amides is 4. The van der Waals surface area contributed by atoms with E-state index < -0.39 is 128 Å². The van der Waals surface area contributed by atoms with Crippen LogP contribution in [0.4, 0.5) is 4.39 Å². The summed E-state index contributed by atoms with van der Waals surface area (Å²) in [6.07, 6.45) is -16.7. The van der Waals surface area contributed by atoms with E-state index in [2.05, 4.69) is 0 Å². The van der Waals surface area contributed by atoms with Gasteiger partial charge in [-0.2, -0.15) is 0 Å². The molecule has 6 aromatic rings. The highest BCUT2D eigenvalue weighted by Crippen LogP contribution is 2.41. The minimum atomic E-state index is -2.72. The molecule has 6 aromatic carbocycles. The zero-order chi connectivity index (χ0) is 54.6. The fourth-order valence-corrected chi connectivity index (χ4v) is 9.73. The molecule has 0 bridgehead atoms. The first-order valence-corrected chi connectivity index (χ1v) is 24.5. The van der Waals surface area contributed by atoms with Gasteiger partial charge in [0.25, 0.3) is 23.6 Å². The minimum Gasteiger partial charge on any atom is -0.459 e. The van der Waals surface area contributed by atoms with Crippen molar-refractivity contribution in [3.8, 4) is 0 Å². The molecule has 2 fully saturated rings. The highest BCUT2D eigenvalue weighted by Gasteiger charge is 2.62. The van der Waals surface area contributed by atoms with Crippen LogP contribution in [0.1, 0.15) is 89.8 Å². The maximum Gasteiger partial charge on any atom is 0.338 e. The zero-order valence-corrected chi connectivity index (χ0v) is 41.1. The number of carbonyl (C=O) groups excluding carboxylic acids is 9. The summed E-state index contributed by atoms with van der Waals surface area (Å²) in [4.78, 5) is 129. The monoisotopic (exact) mass is 1060 g/mol. The number of hydrogen-bond donors (Lipinski definition) is 0. The molecule has 4 aliphatic heterocycles. The van der Waals surface area contributed by atoms with E-state index in [-0.39, 0.29) is 44.5 Å². The molecular formula is C58H45FN2O17. The van der Waals surface area contributed by atoms with Gasteiger partial charge >= 0.3 is 29.8 Å². The highest BCUT2D eigenvalue weighted by atomic mass is 19.1. The summed E-state index contributed by atoms with van der Waals surface area (Å²) < 4.78 is 66.6. The molecule has 10 rings (SSSR count). The number of benzene rings is 6. The van der Waals surface area contributed by atoms with Gasteiger partial charge in [-0.25, -0.2) is 23.6 Å². The molecule has 4 heterocycles. The summed E-state index contributed by atoms with van der Waals surface area (Å²) in [5.41, 5.74) is -0.525. The van der Waals surface area contributed by atoms with E-state index in [1.54, 1.807) is 48.5 Å². The van der Waals surface area contributed by atoms with Gasteiger partial charge in [0.2, 0.25) is 6.36 Å². The molecule has 0 unspecified atom stereocenters. The largest absolute Gasteiger partial charge is 0.459 e. The Hall–Kier alpha value is -9.24. The average Bonchev–Trinajstić information content (AvgIpc) is 4.06. The van der Waals surface area contributed by atoms with Crippen LogP contribution in [0.25, 0.3) is 0 Å². The first kappa shape index (κ1) is 52.2. The lowest BCUT2D eigenvalue weighted by atomic mass is 9.92. The first-order chi connectivity index (χ1) is 37.8. The van der Waals surface area contributed by atoms with E-state index in [9.17, 15) is 43.2 Å². The summed E-state index contributed by atoms with van der Waals surface area (Å²) in [5, 5.41) is 0. The molecule has 396 valence electrons. The SMILES string of the molecule is CC(=O)O[C@H]1[C@H](OC(=O)c2ccccc2)[C@@H](N2C(=O)c3ccccc3C2=O)[C@H](O[C@H]2[C@H](OC(=O)c3ccccc3)[C@@H](N3C(=O)c4ccccc4C3=O)[C@H](F)O[C@@H]2COC(=O)c2ccccc2)O[C@@H]1COC(=O)c1ccccc1. The fourth-order valence-electron chi connectivity index (χ4n) is 9.73. The summed E-state index contributed by atoms with van der Waals surface area (Å²) in [6, 6.07) is 37.2. The van der Waals surface area contributed by atoms with Crippen LogP contribution in [-0.4, -0.2) is 138 Å². The molecule has 0 aliphatic carbocycles. The normalized spacial score (nSPS) is 24.4. The van der Waals surface area contributed by atoms with Gasteiger partial charge in [0.1, 0.15) is 43.6 Å². The Labute approximate surface area is 443 Å². The van der Waals surface area contributed by atoms with E-state index >= 15 is 4.39 Å². The van der Waals surface area contributed by atoms with Gasteiger partial charge in [-0.3, -0.25) is 33.8 Å². The summed E-state index contributed by atoms with van der Waals surface area (Å²) >= 11 is 0. The Balaban J connectivity index is 1.14. The van der Waals surface area contributed by atoms with Crippen LogP contribution in [0.5, 0.6) is 0 Å². The van der Waals surface area contributed by atoms with E-state index in [4.69, 9.17) is 37.9 Å². The number of hydrogen-bond acceptors (Lipinski definition) is 17. The van der Waals surface area contributed by atoms with Crippen LogP contribution in [0.2, 0.25) is 0 Å². The number of ether oxygens (including phenoxy) is 8. The van der Waals surface area contributed by atoms with Crippen molar-refractivity contribution in [2.75, 3.05) is 13.2 Å². The number of halogens is 1. The van der Waals surface area contributed by atoms with Crippen molar-refractivity contribution in [2.45, 2.75) is 68.3 Å². The number of alkyl halides is 1. The third-order valence-electron chi connectivity index (χ3n) is 13.3. The van der Waals surface area contributed by atoms with Gasteiger partial charge in [0, 0.05) is 6.92 Å². The van der Waals surface area contributed by atoms with Gasteiger partial charge in [-0.15, -0.1) is 0 Å². The fraction of sp³-hybridized carbons (Fsp3) is 0.224. The third-order valence-corrected chi connectivity index (χ3v) is 13.3. The predicted molar refractivity (Wildman–Crippen MR) is 265 cm³/mol. The predicted octanol–water partition coefficient (Wildman–Crippen LogP) is 6.22. The quantitative estimate of drug-likeness (QED) is 0.0631. The number of imide groups is 2. The second kappa shape index (κ2) is 22.5. The topological polar surface area (TPSA) is 234 Å². The van der Waals surface area contributed by atoms with Crippen LogP contribution in [0, 0.1) is 0 Å². The van der Waals surface area contributed by atoms with Gasteiger partial charge in [0.15, 0.2) is 24.6 Å². The molecule has 19 nitrogen and oxygen atoms in total. The average molecular weight is 1060 g/mol. The lowest BCUT2D eigenvalue weighted by Crippen LogP contribution is -2.71. The maximum atomic E-state index is 17.5. The number of rotatable bonds is 15. The number of carbonyl (C=O) groups is 9. The molecule has 4 aliphatic rings. The van der Waals surface area contributed by atoms with Crippen molar-refractivity contribution in [1.82, 2.24) is 9.80 Å². The van der Waals surface area contributed by atoms with Crippen molar-refractivity contribution in [3.05, 3.63) is 214 Å². The van der Waals surface area contributed by atoms with Crippen LogP contribution in [0.3, 0.4) is 0 Å². The molecule has 0 radical (unpaired) electrons. The second-order valence-electron chi connectivity index (χ2n) is 18.2. The standard InChI is InChI=1S/C58H45FN2O17/c1-32(62)73-45-42(31-72-55(68)34-20-8-3-9-21-34)75-58(44(48(45)77-57(70)36-24-12-5-13-25-36)61-52(65)39-28-16-17-29-40(39)53(61)66)78-46-41(30-71-54(67)33-18-6-2-7-19-33)74-49(59)43(47(46)76-56(69)35-22-10-4-11-23-35)60-50(63)37-26-14-15-27-38(37)51(60)64/h2-29,41-49,58H,30-31H2,1H3/t41-,42-,43-,44-,45-,46-,47-,48-,49-,58+/m1/s1. The third kappa shape index (κ3) is 10.4. The summed E-state index contributed by atoms with van der Waals surface area (Å²) in [6.45, 7) is -0.699. The molecule has 0 saturated carbocycles. The van der Waals surface area contributed by atoms with Gasteiger partial charge < -0.3 is 37.9 Å². The molecule has 4 amide bonds. The van der Waals surface area contributed by atoms with Crippen molar-refractivity contribution in [2.24, 2.45) is 0 Å². The van der Waals surface area contributed by atoms with Crippen molar-refractivity contribution in [1.29, 1.82) is 0 Å². The minimum absolute atomic E-state index is 0.0484. The van der Waals surface area contributed by atoms with Gasteiger partial charge in [0.05, 0.1) is 44.5 Å². The molecule has 0 N–H and O–H groups in total. The number of fused-ring (bicyclic) bond motifs is 2. The summed E-state index contributed by atoms with van der Waals surface area (Å²) in [5.74, 6) is -9.05. The molecule has 10 atom stereocenters. The molecular weight excluding hydrogens is 1020 g/mol. The number of nitrogens with zero attached hydrogens (tertiary/aromatic N) is 2. The van der Waals surface area contributed by atoms with Crippen LogP contribution in [-0.2, 0) is 42.7 Å². The Morgan fingerprint density at radius 3 is 1.14 bits per heavy atom. The Morgan fingerprint density at radius 2 is 0.756 bits per heavy atom. The Kier molecular flexibility index (Phi) is 15.1. The van der Waals surface area contributed by atoms with Crippen LogP contribution < -0.4 is 0 Å². The van der Waals surface area contributed by atoms with E-state index in [0.29, 0.717) is 9.80 Å². The van der Waals surface area contributed by atoms with Crippen LogP contribution >= 0.6 is 0 Å². The first-order valence-electron chi connectivity index (χ1n) is 24.5. The van der Waals surface area contributed by atoms with E-state index in [0.717, 1.165) is 6.92 Å². The highest BCUT2D eigenvalue weighted by molar-refractivity contribution is 6.22. The van der Waals surface area contributed by atoms with E-state index in [1.807, 2.05) is 0 Å². The summed E-state index contributed by atoms with van der Waals surface area (Å²) in [7, 11) is 0. The van der Waals surface area contributed by atoms with Gasteiger partial charge in [-0.1, -0.05) is 97.1 Å². The maximum absolute atomic E-state index is 17.5. The Morgan fingerprint density at radius 1 is 0.423 bits per heavy atom. The molecule has 0 aromatic heterocycles. The van der Waals surface area contributed by atoms with Crippen molar-refractivity contribution < 1.29 is 85.4 Å². The van der Waals surface area contributed by atoms with Gasteiger partial charge in [-0.05, 0) is 72.8 Å². The second-order valence-corrected chi connectivity index (χ2v) is 18.2.